The molecule has 11 heteroatoms. The van der Waals surface area contributed by atoms with Crippen LogP contribution in [0.1, 0.15) is 101 Å². The van der Waals surface area contributed by atoms with Crippen molar-refractivity contribution in [3.8, 4) is 0 Å². The first-order valence-electron chi connectivity index (χ1n) is 15.1. The Bertz CT molecular complexity index is 893. The number of rotatable bonds is 16. The topological polar surface area (TPSA) is 141 Å². The largest absolute Gasteiger partial charge is 0.463 e. The molecular formula is C31H52O11. The Morgan fingerprint density at radius 2 is 0.810 bits per heavy atom. The molecule has 0 aromatic rings. The number of ether oxygens (including phenoxy) is 6. The zero-order valence-corrected chi connectivity index (χ0v) is 27.0. The molecule has 0 spiro atoms. The van der Waals surface area contributed by atoms with E-state index in [4.69, 9.17) is 28.4 Å². The molecule has 0 unspecified atom stereocenters. The van der Waals surface area contributed by atoms with Crippen LogP contribution >= 0.6 is 0 Å². The molecule has 1 heterocycles. The van der Waals surface area contributed by atoms with Crippen molar-refractivity contribution in [3.05, 3.63) is 0 Å². The van der Waals surface area contributed by atoms with Crippen molar-refractivity contribution in [2.75, 3.05) is 6.61 Å². The number of carbonyl (C=O) groups is 5. The second kappa shape index (κ2) is 18.1. The SMILES string of the molecule is CC(C)CC(=O)OC[C@@H]1O[C@H](OC(=O)CC(C)C)[C@@H](OC(=O)CC(C)C)[C@H](OC(=O)CC(C)C)[C@H]1OC(=O)CC(C)C. The summed E-state index contributed by atoms with van der Waals surface area (Å²) in [6, 6.07) is 0. The summed E-state index contributed by atoms with van der Waals surface area (Å²) in [7, 11) is 0. The summed E-state index contributed by atoms with van der Waals surface area (Å²) in [6.45, 7) is 18.0. The lowest BCUT2D eigenvalue weighted by Gasteiger charge is -2.44. The Hall–Kier alpha value is -2.69. The van der Waals surface area contributed by atoms with E-state index in [1.54, 1.807) is 0 Å². The molecule has 0 N–H and O–H groups in total. The monoisotopic (exact) mass is 600 g/mol. The van der Waals surface area contributed by atoms with Crippen molar-refractivity contribution in [1.29, 1.82) is 0 Å². The fourth-order valence-electron chi connectivity index (χ4n) is 4.19. The first-order chi connectivity index (χ1) is 19.5. The van der Waals surface area contributed by atoms with Gasteiger partial charge in [0.1, 0.15) is 12.7 Å². The first-order valence-corrected chi connectivity index (χ1v) is 15.1. The van der Waals surface area contributed by atoms with Crippen molar-refractivity contribution in [3.63, 3.8) is 0 Å². The van der Waals surface area contributed by atoms with Crippen LogP contribution in [0.5, 0.6) is 0 Å². The summed E-state index contributed by atoms with van der Waals surface area (Å²) < 4.78 is 34.5. The predicted molar refractivity (Wildman–Crippen MR) is 153 cm³/mol. The van der Waals surface area contributed by atoms with Gasteiger partial charge in [-0.05, 0) is 29.6 Å². The Morgan fingerprint density at radius 3 is 1.21 bits per heavy atom. The van der Waals surface area contributed by atoms with Crippen molar-refractivity contribution in [2.45, 2.75) is 132 Å². The third kappa shape index (κ3) is 14.5. The second-order valence-corrected chi connectivity index (χ2v) is 13.1. The molecule has 0 aliphatic carbocycles. The van der Waals surface area contributed by atoms with Gasteiger partial charge in [-0.2, -0.15) is 0 Å². The zero-order valence-electron chi connectivity index (χ0n) is 27.0. The maximum atomic E-state index is 13.0. The van der Waals surface area contributed by atoms with Crippen molar-refractivity contribution in [1.82, 2.24) is 0 Å². The molecule has 0 aromatic heterocycles. The van der Waals surface area contributed by atoms with Gasteiger partial charge in [0, 0.05) is 32.1 Å². The van der Waals surface area contributed by atoms with Crippen LogP contribution in [0.15, 0.2) is 0 Å². The highest BCUT2D eigenvalue weighted by Gasteiger charge is 2.54. The molecule has 1 fully saturated rings. The molecule has 0 radical (unpaired) electrons. The second-order valence-electron chi connectivity index (χ2n) is 13.1. The van der Waals surface area contributed by atoms with Gasteiger partial charge in [0.15, 0.2) is 12.2 Å². The average Bonchev–Trinajstić information content (AvgIpc) is 2.79. The van der Waals surface area contributed by atoms with Crippen LogP contribution < -0.4 is 0 Å². The van der Waals surface area contributed by atoms with E-state index in [0.29, 0.717) is 0 Å². The highest BCUT2D eigenvalue weighted by atomic mass is 16.7. The lowest BCUT2D eigenvalue weighted by molar-refractivity contribution is -0.302. The molecule has 1 saturated heterocycles. The van der Waals surface area contributed by atoms with Gasteiger partial charge in [-0.25, -0.2) is 0 Å². The Labute approximate surface area is 250 Å². The number of carbonyl (C=O) groups excluding carboxylic acids is 5. The van der Waals surface area contributed by atoms with Crippen molar-refractivity contribution >= 4 is 29.8 Å². The highest BCUT2D eigenvalue weighted by molar-refractivity contribution is 5.73. The molecule has 11 nitrogen and oxygen atoms in total. The number of esters is 5. The first kappa shape index (κ1) is 37.3. The number of hydrogen-bond donors (Lipinski definition) is 0. The van der Waals surface area contributed by atoms with Crippen LogP contribution in [0.25, 0.3) is 0 Å². The molecule has 0 bridgehead atoms. The highest BCUT2D eigenvalue weighted by Crippen LogP contribution is 2.32. The van der Waals surface area contributed by atoms with E-state index < -0.39 is 60.6 Å². The van der Waals surface area contributed by atoms with Crippen LogP contribution in [-0.2, 0) is 52.4 Å². The van der Waals surface area contributed by atoms with Crippen LogP contribution in [0.4, 0.5) is 0 Å². The summed E-state index contributed by atoms with van der Waals surface area (Å²) in [5, 5.41) is 0. The molecule has 242 valence electrons. The Kier molecular flexibility index (Phi) is 16.1. The van der Waals surface area contributed by atoms with Crippen LogP contribution in [-0.4, -0.2) is 67.2 Å². The minimum atomic E-state index is -1.52. The molecule has 1 aliphatic heterocycles. The van der Waals surface area contributed by atoms with E-state index in [1.165, 1.54) is 0 Å². The average molecular weight is 601 g/mol. The third-order valence-corrected chi connectivity index (χ3v) is 5.92. The van der Waals surface area contributed by atoms with E-state index in [2.05, 4.69) is 0 Å². The smallest absolute Gasteiger partial charge is 0.308 e. The van der Waals surface area contributed by atoms with Gasteiger partial charge in [-0.1, -0.05) is 69.2 Å². The summed E-state index contributed by atoms with van der Waals surface area (Å²) in [4.78, 5) is 63.9. The summed E-state index contributed by atoms with van der Waals surface area (Å²) in [5.41, 5.74) is 0. The predicted octanol–water partition coefficient (Wildman–Crippen LogP) is 4.76. The fourth-order valence-corrected chi connectivity index (χ4v) is 4.19. The minimum Gasteiger partial charge on any atom is -0.463 e. The van der Waals surface area contributed by atoms with Gasteiger partial charge in [0.05, 0.1) is 0 Å². The number of hydrogen-bond acceptors (Lipinski definition) is 11. The van der Waals surface area contributed by atoms with Crippen LogP contribution in [0, 0.1) is 29.6 Å². The maximum Gasteiger partial charge on any atom is 0.308 e. The van der Waals surface area contributed by atoms with Crippen LogP contribution in [0.2, 0.25) is 0 Å². The summed E-state index contributed by atoms with van der Waals surface area (Å²) >= 11 is 0. The fraction of sp³-hybridized carbons (Fsp3) is 0.839. The molecule has 0 amide bonds. The van der Waals surface area contributed by atoms with Crippen LogP contribution in [0.3, 0.4) is 0 Å². The van der Waals surface area contributed by atoms with E-state index in [1.807, 2.05) is 69.2 Å². The Balaban J connectivity index is 3.58. The van der Waals surface area contributed by atoms with E-state index in [0.717, 1.165) is 0 Å². The van der Waals surface area contributed by atoms with Crippen molar-refractivity contribution in [2.24, 2.45) is 29.6 Å². The quantitative estimate of drug-likeness (QED) is 0.179. The molecule has 0 aromatic carbocycles. The lowest BCUT2D eigenvalue weighted by atomic mass is 9.97. The van der Waals surface area contributed by atoms with Gasteiger partial charge < -0.3 is 28.4 Å². The molecule has 0 saturated carbocycles. The minimum absolute atomic E-state index is 0.0303. The van der Waals surface area contributed by atoms with Gasteiger partial charge in [0.25, 0.3) is 0 Å². The van der Waals surface area contributed by atoms with Gasteiger partial charge in [-0.3, -0.25) is 24.0 Å². The Morgan fingerprint density at radius 1 is 0.476 bits per heavy atom. The molecule has 42 heavy (non-hydrogen) atoms. The maximum absolute atomic E-state index is 13.0. The van der Waals surface area contributed by atoms with Gasteiger partial charge in [-0.15, -0.1) is 0 Å². The molecule has 5 atom stereocenters. The van der Waals surface area contributed by atoms with Gasteiger partial charge in [0.2, 0.25) is 12.4 Å². The van der Waals surface area contributed by atoms with Crippen molar-refractivity contribution < 1.29 is 52.4 Å². The third-order valence-electron chi connectivity index (χ3n) is 5.92. The standard InChI is InChI=1S/C31H52O11/c1-17(2)11-23(32)37-16-22-28(39-24(33)12-18(3)4)29(40-25(34)13-19(5)6)30(41-26(35)14-20(7)8)31(38-22)42-27(36)15-21(9)10/h17-22,28-31H,11-16H2,1-10H3/t22-,28-,29+,30-,31+/m0/s1. The molecular weight excluding hydrogens is 548 g/mol. The lowest BCUT2D eigenvalue weighted by Crippen LogP contribution is -2.63. The van der Waals surface area contributed by atoms with E-state index in [9.17, 15) is 24.0 Å². The van der Waals surface area contributed by atoms with E-state index in [-0.39, 0.29) is 68.3 Å². The zero-order chi connectivity index (χ0) is 32.1. The summed E-state index contributed by atoms with van der Waals surface area (Å²) in [6.07, 6.45) is -6.57. The summed E-state index contributed by atoms with van der Waals surface area (Å²) in [5.74, 6) is -3.18. The normalized spacial score (nSPS) is 22.4. The molecule has 1 aliphatic rings. The molecule has 1 rings (SSSR count). The van der Waals surface area contributed by atoms with E-state index >= 15 is 0 Å². The van der Waals surface area contributed by atoms with Gasteiger partial charge >= 0.3 is 29.8 Å².